The van der Waals surface area contributed by atoms with E-state index in [1.54, 1.807) is 60.7 Å². The molecular formula is C20H22O6. The highest BCUT2D eigenvalue weighted by atomic mass is 17.2. The van der Waals surface area contributed by atoms with Crippen LogP contribution < -0.4 is 0 Å². The second-order valence-electron chi connectivity index (χ2n) is 5.15. The number of hydrogen-bond donors (Lipinski definition) is 0. The zero-order valence-corrected chi connectivity index (χ0v) is 14.8. The molecule has 0 bridgehead atoms. The molecule has 138 valence electrons. The van der Waals surface area contributed by atoms with Gasteiger partial charge in [-0.1, -0.05) is 49.7 Å². The van der Waals surface area contributed by atoms with Crippen LogP contribution in [0.2, 0.25) is 0 Å². The minimum absolute atomic E-state index is 0.105. The van der Waals surface area contributed by atoms with Crippen LogP contribution in [0.4, 0.5) is 0 Å². The van der Waals surface area contributed by atoms with Crippen LogP contribution in [0.1, 0.15) is 46.9 Å². The predicted octanol–water partition coefficient (Wildman–Crippen LogP) is 3.97. The van der Waals surface area contributed by atoms with Crippen LogP contribution in [0.25, 0.3) is 0 Å². The fourth-order valence-corrected chi connectivity index (χ4v) is 1.74. The zero-order valence-electron chi connectivity index (χ0n) is 14.8. The van der Waals surface area contributed by atoms with Gasteiger partial charge in [-0.05, 0) is 30.7 Å². The van der Waals surface area contributed by atoms with Crippen molar-refractivity contribution in [2.45, 2.75) is 26.2 Å². The first kappa shape index (κ1) is 20.9. The lowest BCUT2D eigenvalue weighted by Crippen LogP contribution is -2.11. The zero-order chi connectivity index (χ0) is 19.2. The molecule has 0 N–H and O–H groups in total. The van der Waals surface area contributed by atoms with E-state index in [0.717, 1.165) is 12.8 Å². The van der Waals surface area contributed by atoms with E-state index in [1.807, 2.05) is 6.92 Å². The minimum Gasteiger partial charge on any atom is -0.469 e. The highest BCUT2D eigenvalue weighted by Crippen LogP contribution is 2.05. The van der Waals surface area contributed by atoms with Gasteiger partial charge in [0.1, 0.15) is 0 Å². The van der Waals surface area contributed by atoms with Crippen LogP contribution in [0.15, 0.2) is 60.7 Å². The minimum atomic E-state index is -0.708. The summed E-state index contributed by atoms with van der Waals surface area (Å²) in [5.74, 6) is -1.52. The molecule has 0 atom stereocenters. The standard InChI is InChI=1S/C14H10O4.C6H12O2/c15-13(11-7-3-1-4-8-11)17-18-14(16)12-9-5-2-6-10-12;1-3-4-5-6(7)8-2/h1-10H;3-5H2,1-2H3. The summed E-state index contributed by atoms with van der Waals surface area (Å²) in [6, 6.07) is 16.6. The molecule has 0 radical (unpaired) electrons. The third-order valence-electron chi connectivity index (χ3n) is 3.17. The van der Waals surface area contributed by atoms with Gasteiger partial charge in [0.2, 0.25) is 0 Å². The molecule has 2 rings (SSSR count). The number of hydrogen-bond acceptors (Lipinski definition) is 6. The maximum absolute atomic E-state index is 11.5. The molecule has 0 spiro atoms. The van der Waals surface area contributed by atoms with E-state index in [0.29, 0.717) is 17.5 Å². The summed E-state index contributed by atoms with van der Waals surface area (Å²) in [5, 5.41) is 0. The Kier molecular flexibility index (Phi) is 9.84. The van der Waals surface area contributed by atoms with Crippen LogP contribution in [-0.4, -0.2) is 25.0 Å². The number of unbranched alkanes of at least 4 members (excludes halogenated alkanes) is 1. The van der Waals surface area contributed by atoms with Crippen molar-refractivity contribution < 1.29 is 28.9 Å². The van der Waals surface area contributed by atoms with E-state index < -0.39 is 11.9 Å². The van der Waals surface area contributed by atoms with E-state index in [4.69, 9.17) is 0 Å². The van der Waals surface area contributed by atoms with E-state index in [-0.39, 0.29) is 5.97 Å². The first-order valence-corrected chi connectivity index (χ1v) is 8.18. The molecule has 2 aromatic rings. The van der Waals surface area contributed by atoms with E-state index >= 15 is 0 Å². The first-order chi connectivity index (χ1) is 12.6. The molecule has 0 aliphatic heterocycles. The van der Waals surface area contributed by atoms with Crippen molar-refractivity contribution in [3.8, 4) is 0 Å². The SMILES string of the molecule is CCCCC(=O)OC.O=C(OOC(=O)c1ccccc1)c1ccccc1. The third kappa shape index (κ3) is 8.10. The Hall–Kier alpha value is -3.15. The Morgan fingerprint density at radius 1 is 0.769 bits per heavy atom. The van der Waals surface area contributed by atoms with Gasteiger partial charge in [0.05, 0.1) is 18.2 Å². The van der Waals surface area contributed by atoms with Crippen molar-refractivity contribution >= 4 is 17.9 Å². The summed E-state index contributed by atoms with van der Waals surface area (Å²) in [4.78, 5) is 42.2. The van der Waals surface area contributed by atoms with Crippen molar-refractivity contribution in [2.75, 3.05) is 7.11 Å². The van der Waals surface area contributed by atoms with E-state index in [1.165, 1.54) is 7.11 Å². The summed E-state index contributed by atoms with van der Waals surface area (Å²) in [6.07, 6.45) is 2.55. The molecule has 2 aromatic carbocycles. The molecule has 6 nitrogen and oxygen atoms in total. The van der Waals surface area contributed by atoms with E-state index in [9.17, 15) is 14.4 Å². The van der Waals surface area contributed by atoms with E-state index in [2.05, 4.69) is 14.5 Å². The van der Waals surface area contributed by atoms with Gasteiger partial charge in [-0.15, -0.1) is 0 Å². The quantitative estimate of drug-likeness (QED) is 0.457. The molecule has 0 aliphatic carbocycles. The van der Waals surface area contributed by atoms with Gasteiger partial charge in [-0.25, -0.2) is 19.4 Å². The Bertz CT molecular complexity index is 630. The molecule has 6 heteroatoms. The van der Waals surface area contributed by atoms with Gasteiger partial charge in [-0.3, -0.25) is 4.79 Å². The van der Waals surface area contributed by atoms with Crippen molar-refractivity contribution in [3.05, 3.63) is 71.8 Å². The molecule has 0 heterocycles. The highest BCUT2D eigenvalue weighted by Gasteiger charge is 2.12. The van der Waals surface area contributed by atoms with Gasteiger partial charge in [0.25, 0.3) is 0 Å². The topological polar surface area (TPSA) is 78.9 Å². The summed E-state index contributed by atoms with van der Waals surface area (Å²) < 4.78 is 4.41. The highest BCUT2D eigenvalue weighted by molar-refractivity contribution is 5.92. The number of ether oxygens (including phenoxy) is 1. The van der Waals surface area contributed by atoms with Gasteiger partial charge in [-0.2, -0.15) is 0 Å². The van der Waals surface area contributed by atoms with Crippen molar-refractivity contribution in [3.63, 3.8) is 0 Å². The predicted molar refractivity (Wildman–Crippen MR) is 95.3 cm³/mol. The number of benzene rings is 2. The lowest BCUT2D eigenvalue weighted by molar-refractivity contribution is -0.187. The maximum atomic E-state index is 11.5. The molecule has 0 aliphatic rings. The monoisotopic (exact) mass is 358 g/mol. The van der Waals surface area contributed by atoms with Crippen molar-refractivity contribution in [1.82, 2.24) is 0 Å². The Morgan fingerprint density at radius 2 is 1.19 bits per heavy atom. The van der Waals surface area contributed by atoms with Crippen molar-refractivity contribution in [1.29, 1.82) is 0 Å². The number of methoxy groups -OCH3 is 1. The van der Waals surface area contributed by atoms with Gasteiger partial charge >= 0.3 is 17.9 Å². The number of rotatable bonds is 5. The van der Waals surface area contributed by atoms with Crippen LogP contribution in [0.3, 0.4) is 0 Å². The lowest BCUT2D eigenvalue weighted by Gasteiger charge is -2.02. The lowest BCUT2D eigenvalue weighted by atomic mass is 10.2. The normalized spacial score (nSPS) is 9.31. The average molecular weight is 358 g/mol. The summed E-state index contributed by atoms with van der Waals surface area (Å²) in [6.45, 7) is 2.04. The van der Waals surface area contributed by atoms with Gasteiger partial charge < -0.3 is 4.74 Å². The average Bonchev–Trinajstić information content (AvgIpc) is 2.71. The molecule has 0 saturated carbocycles. The number of carbonyl (C=O) groups is 3. The van der Waals surface area contributed by atoms with Crippen molar-refractivity contribution in [2.24, 2.45) is 0 Å². The molecule has 0 amide bonds. The summed E-state index contributed by atoms with van der Waals surface area (Å²) >= 11 is 0. The van der Waals surface area contributed by atoms with Crippen LogP contribution >= 0.6 is 0 Å². The third-order valence-corrected chi connectivity index (χ3v) is 3.17. The molecule has 0 unspecified atom stereocenters. The molecule has 0 saturated heterocycles. The molecule has 0 aromatic heterocycles. The maximum Gasteiger partial charge on any atom is 0.386 e. The first-order valence-electron chi connectivity index (χ1n) is 8.18. The van der Waals surface area contributed by atoms with Crippen LogP contribution in [0, 0.1) is 0 Å². The summed E-state index contributed by atoms with van der Waals surface area (Å²) in [5.41, 5.74) is 0.636. The van der Waals surface area contributed by atoms with Crippen LogP contribution in [0.5, 0.6) is 0 Å². The Morgan fingerprint density at radius 3 is 1.54 bits per heavy atom. The smallest absolute Gasteiger partial charge is 0.386 e. The molecular weight excluding hydrogens is 336 g/mol. The van der Waals surface area contributed by atoms with Gasteiger partial charge in [0, 0.05) is 6.42 Å². The number of esters is 1. The second-order valence-corrected chi connectivity index (χ2v) is 5.15. The molecule has 26 heavy (non-hydrogen) atoms. The molecule has 0 fully saturated rings. The fourth-order valence-electron chi connectivity index (χ4n) is 1.74. The Labute approximate surface area is 152 Å². The summed E-state index contributed by atoms with van der Waals surface area (Å²) in [7, 11) is 1.41. The fraction of sp³-hybridized carbons (Fsp3) is 0.250. The largest absolute Gasteiger partial charge is 0.469 e. The second kappa shape index (κ2) is 12.2. The van der Waals surface area contributed by atoms with Gasteiger partial charge in [0.15, 0.2) is 0 Å². The van der Waals surface area contributed by atoms with Crippen LogP contribution in [-0.2, 0) is 19.3 Å². The number of carbonyl (C=O) groups excluding carboxylic acids is 3. The Balaban J connectivity index is 0.000000359.